The third-order valence-corrected chi connectivity index (χ3v) is 5.92. The fraction of sp³-hybridized carbons (Fsp3) is 0.368. The van der Waals surface area contributed by atoms with E-state index in [1.165, 1.54) is 10.9 Å². The minimum atomic E-state index is 0.0525. The van der Waals surface area contributed by atoms with Crippen molar-refractivity contribution < 1.29 is 0 Å². The molecule has 1 aliphatic heterocycles. The number of nitrogens with zero attached hydrogens (tertiary/aromatic N) is 2. The summed E-state index contributed by atoms with van der Waals surface area (Å²) in [6.07, 6.45) is 5.23. The van der Waals surface area contributed by atoms with Gasteiger partial charge >= 0.3 is 0 Å². The van der Waals surface area contributed by atoms with Crippen LogP contribution in [0.15, 0.2) is 33.7 Å². The minimum Gasteiger partial charge on any atom is -0.361 e. The Balaban J connectivity index is 1.43. The molecule has 0 unspecified atom stereocenters. The molecule has 2 N–H and O–H groups in total. The van der Waals surface area contributed by atoms with E-state index in [1.54, 1.807) is 0 Å². The molecule has 5 nitrogen and oxygen atoms in total. The van der Waals surface area contributed by atoms with Crippen LogP contribution in [0.5, 0.6) is 0 Å². The van der Waals surface area contributed by atoms with Gasteiger partial charge in [-0.2, -0.15) is 0 Å². The second kappa shape index (κ2) is 5.81. The van der Waals surface area contributed by atoms with Crippen molar-refractivity contribution in [2.45, 2.75) is 38.3 Å². The van der Waals surface area contributed by atoms with Crippen LogP contribution in [0.2, 0.25) is 0 Å². The molecule has 5 rings (SSSR count). The summed E-state index contributed by atoms with van der Waals surface area (Å²) in [5.41, 5.74) is 4.29. The molecule has 2 aromatic heterocycles. The number of benzene rings is 1. The van der Waals surface area contributed by atoms with E-state index < -0.39 is 0 Å². The second-order valence-corrected chi connectivity index (χ2v) is 7.94. The van der Waals surface area contributed by atoms with Gasteiger partial charge in [-0.25, -0.2) is 4.98 Å². The molecule has 3 heterocycles. The molecule has 0 atom stereocenters. The molecule has 25 heavy (non-hydrogen) atoms. The molecule has 0 spiro atoms. The van der Waals surface area contributed by atoms with Gasteiger partial charge in [-0.05, 0) is 30.5 Å². The van der Waals surface area contributed by atoms with Gasteiger partial charge in [0.1, 0.15) is 5.82 Å². The Kier molecular flexibility index (Phi) is 3.57. The maximum absolute atomic E-state index is 12.5. The lowest BCUT2D eigenvalue weighted by molar-refractivity contribution is 0.242. The van der Waals surface area contributed by atoms with Gasteiger partial charge in [0.15, 0.2) is 0 Å². The van der Waals surface area contributed by atoms with Crippen LogP contribution < -0.4 is 5.56 Å². The molecule has 0 bridgehead atoms. The smallest absolute Gasteiger partial charge is 0.255 e. The van der Waals surface area contributed by atoms with Crippen LogP contribution in [-0.4, -0.2) is 26.4 Å². The zero-order valence-corrected chi connectivity index (χ0v) is 15.4. The third kappa shape index (κ3) is 2.73. The van der Waals surface area contributed by atoms with Crippen molar-refractivity contribution in [3.8, 4) is 0 Å². The number of H-pyrrole nitrogens is 2. The van der Waals surface area contributed by atoms with Crippen molar-refractivity contribution in [1.29, 1.82) is 0 Å². The van der Waals surface area contributed by atoms with E-state index in [0.29, 0.717) is 12.5 Å². The molecular formula is C19H19BrN4O. The summed E-state index contributed by atoms with van der Waals surface area (Å²) in [6, 6.07) is 6.19. The van der Waals surface area contributed by atoms with Crippen molar-refractivity contribution in [2.75, 3.05) is 6.54 Å². The van der Waals surface area contributed by atoms with Gasteiger partial charge in [0.2, 0.25) is 0 Å². The number of aromatic amines is 2. The number of rotatable bonds is 3. The van der Waals surface area contributed by atoms with Crippen LogP contribution in [0, 0.1) is 0 Å². The standard InChI is InChI=1S/C19H19BrN4O/c20-14-2-1-3-16-17(14)12(8-21-16)9-24-7-6-15-13(10-24)19(25)23-18(22-15)11-4-5-11/h1-3,8,11,21H,4-7,9-10H2,(H,22,23,25). The maximum atomic E-state index is 12.5. The van der Waals surface area contributed by atoms with E-state index in [9.17, 15) is 4.79 Å². The zero-order chi connectivity index (χ0) is 17.0. The van der Waals surface area contributed by atoms with Crippen molar-refractivity contribution in [3.63, 3.8) is 0 Å². The van der Waals surface area contributed by atoms with Crippen molar-refractivity contribution in [3.05, 3.63) is 61.9 Å². The van der Waals surface area contributed by atoms with Gasteiger partial charge in [-0.15, -0.1) is 0 Å². The van der Waals surface area contributed by atoms with E-state index in [4.69, 9.17) is 4.98 Å². The molecule has 0 amide bonds. The lowest BCUT2D eigenvalue weighted by Gasteiger charge is -2.27. The molecule has 6 heteroatoms. The number of fused-ring (bicyclic) bond motifs is 2. The van der Waals surface area contributed by atoms with E-state index in [-0.39, 0.29) is 5.56 Å². The summed E-state index contributed by atoms with van der Waals surface area (Å²) in [5, 5.41) is 1.23. The van der Waals surface area contributed by atoms with E-state index in [2.05, 4.69) is 49.1 Å². The van der Waals surface area contributed by atoms with Crippen molar-refractivity contribution in [2.24, 2.45) is 0 Å². The Morgan fingerprint density at radius 3 is 3.04 bits per heavy atom. The fourth-order valence-corrected chi connectivity index (χ4v) is 4.38. The Morgan fingerprint density at radius 1 is 1.32 bits per heavy atom. The average molecular weight is 399 g/mol. The molecule has 1 aromatic carbocycles. The highest BCUT2D eigenvalue weighted by Crippen LogP contribution is 2.38. The minimum absolute atomic E-state index is 0.0525. The summed E-state index contributed by atoms with van der Waals surface area (Å²) in [5.74, 6) is 1.39. The Labute approximate surface area is 153 Å². The highest BCUT2D eigenvalue weighted by Gasteiger charge is 2.29. The monoisotopic (exact) mass is 398 g/mol. The summed E-state index contributed by atoms with van der Waals surface area (Å²) in [7, 11) is 0. The normalized spacial score (nSPS) is 17.8. The van der Waals surface area contributed by atoms with Crippen molar-refractivity contribution >= 4 is 26.8 Å². The second-order valence-electron chi connectivity index (χ2n) is 7.09. The highest BCUT2D eigenvalue weighted by atomic mass is 79.9. The summed E-state index contributed by atoms with van der Waals surface area (Å²) in [6.45, 7) is 2.43. The molecule has 1 fully saturated rings. The maximum Gasteiger partial charge on any atom is 0.255 e. The number of aromatic nitrogens is 3. The number of hydrogen-bond donors (Lipinski definition) is 2. The zero-order valence-electron chi connectivity index (χ0n) is 13.8. The average Bonchev–Trinajstić information content (AvgIpc) is 3.38. The first kappa shape index (κ1) is 15.3. The quantitative estimate of drug-likeness (QED) is 0.709. The molecule has 0 radical (unpaired) electrons. The van der Waals surface area contributed by atoms with Crippen molar-refractivity contribution in [1.82, 2.24) is 19.9 Å². The number of nitrogens with one attached hydrogen (secondary N) is 2. The molecule has 2 aliphatic rings. The SMILES string of the molecule is O=c1[nH]c(C2CC2)nc2c1CN(Cc1c[nH]c3cccc(Br)c13)CC2. The predicted molar refractivity (Wildman–Crippen MR) is 101 cm³/mol. The lowest BCUT2D eigenvalue weighted by atomic mass is 10.1. The molecular weight excluding hydrogens is 380 g/mol. The van der Waals surface area contributed by atoms with E-state index in [0.717, 1.165) is 59.4 Å². The molecule has 1 aliphatic carbocycles. The number of hydrogen-bond acceptors (Lipinski definition) is 3. The summed E-state index contributed by atoms with van der Waals surface area (Å²) >= 11 is 3.65. The van der Waals surface area contributed by atoms with Crippen LogP contribution >= 0.6 is 15.9 Å². The molecule has 1 saturated carbocycles. The Hall–Kier alpha value is -1.92. The van der Waals surface area contributed by atoms with E-state index in [1.807, 2.05) is 6.07 Å². The molecule has 3 aromatic rings. The van der Waals surface area contributed by atoms with E-state index >= 15 is 0 Å². The summed E-state index contributed by atoms with van der Waals surface area (Å²) in [4.78, 5) is 25.9. The molecule has 128 valence electrons. The number of halogens is 1. The first-order chi connectivity index (χ1) is 12.2. The van der Waals surface area contributed by atoms with Gasteiger partial charge in [-0.1, -0.05) is 22.0 Å². The first-order valence-electron chi connectivity index (χ1n) is 8.78. The Morgan fingerprint density at radius 2 is 2.20 bits per heavy atom. The first-order valence-corrected chi connectivity index (χ1v) is 9.57. The topological polar surface area (TPSA) is 64.8 Å². The van der Waals surface area contributed by atoms with Crippen LogP contribution in [0.3, 0.4) is 0 Å². The van der Waals surface area contributed by atoms with Gasteiger partial charge in [0, 0.05) is 53.5 Å². The van der Waals surface area contributed by atoms with Crippen LogP contribution in [-0.2, 0) is 19.5 Å². The lowest BCUT2D eigenvalue weighted by Crippen LogP contribution is -2.35. The van der Waals surface area contributed by atoms with Crippen LogP contribution in [0.25, 0.3) is 10.9 Å². The molecule has 0 saturated heterocycles. The third-order valence-electron chi connectivity index (χ3n) is 5.26. The Bertz CT molecular complexity index is 1020. The van der Waals surface area contributed by atoms with Gasteiger partial charge in [0.05, 0.1) is 11.3 Å². The highest BCUT2D eigenvalue weighted by molar-refractivity contribution is 9.10. The fourth-order valence-electron chi connectivity index (χ4n) is 3.76. The largest absolute Gasteiger partial charge is 0.361 e. The van der Waals surface area contributed by atoms with Gasteiger partial charge in [0.25, 0.3) is 5.56 Å². The predicted octanol–water partition coefficient (Wildman–Crippen LogP) is 3.45. The van der Waals surface area contributed by atoms with Crippen LogP contribution in [0.4, 0.5) is 0 Å². The van der Waals surface area contributed by atoms with Gasteiger partial charge in [-0.3, -0.25) is 9.69 Å². The van der Waals surface area contributed by atoms with Crippen LogP contribution in [0.1, 0.15) is 41.4 Å². The summed E-state index contributed by atoms with van der Waals surface area (Å²) < 4.78 is 1.10. The van der Waals surface area contributed by atoms with Gasteiger partial charge < -0.3 is 9.97 Å².